The van der Waals surface area contributed by atoms with E-state index in [1.54, 1.807) is 0 Å². The zero-order chi connectivity index (χ0) is 69.1. The molecule has 0 aromatic rings. The summed E-state index contributed by atoms with van der Waals surface area (Å²) < 4.78 is 82.0. The molecule has 0 spiro atoms. The Hall–Kier alpha value is -0.860. The van der Waals surface area contributed by atoms with E-state index in [4.69, 9.17) is 4.74 Å². The van der Waals surface area contributed by atoms with Crippen LogP contribution in [0, 0.1) is 11.8 Å². The lowest BCUT2D eigenvalue weighted by atomic mass is 9.95. The van der Waals surface area contributed by atoms with E-state index < -0.39 is 17.8 Å². The number of ether oxygens (including phenoxy) is 1. The number of alkyl halides is 6. The molecule has 1 unspecified atom stereocenters. The fourth-order valence-electron chi connectivity index (χ4n) is 12.0. The summed E-state index contributed by atoms with van der Waals surface area (Å²) in [6, 6.07) is 0. The van der Waals surface area contributed by atoms with Gasteiger partial charge >= 0.3 is 0 Å². The van der Waals surface area contributed by atoms with Crippen LogP contribution in [0.5, 0.6) is 0 Å². The summed E-state index contributed by atoms with van der Waals surface area (Å²) in [6.45, 7) is 78.3. The molecule has 0 N–H and O–H groups in total. The molecule has 8 heterocycles. The lowest BCUT2D eigenvalue weighted by Crippen LogP contribution is -2.52. The van der Waals surface area contributed by atoms with Gasteiger partial charge < -0.3 is 14.5 Å². The molecule has 0 aromatic heterocycles. The third kappa shape index (κ3) is 37.3. The molecule has 0 aromatic carbocycles. The normalized spacial score (nSPS) is 25.2. The van der Waals surface area contributed by atoms with Crippen LogP contribution in [-0.4, -0.2) is 269 Å². The highest BCUT2D eigenvalue weighted by molar-refractivity contribution is 4.90. The van der Waals surface area contributed by atoms with Gasteiger partial charge in [-0.1, -0.05) is 13.8 Å². The van der Waals surface area contributed by atoms with Gasteiger partial charge in [-0.15, -0.1) is 0 Å². The number of likely N-dealkylation sites (N-methyl/N-ethyl adjacent to an activating group) is 2. The average molecular weight is 1280 g/mol. The third-order valence-electron chi connectivity index (χ3n) is 19.1. The molecule has 11 nitrogen and oxygen atoms in total. The van der Waals surface area contributed by atoms with Crippen LogP contribution < -0.4 is 0 Å². The highest BCUT2D eigenvalue weighted by atomic mass is 19.3. The van der Waals surface area contributed by atoms with E-state index in [9.17, 15) is 26.3 Å². The molecule has 0 aliphatic carbocycles. The van der Waals surface area contributed by atoms with Crippen LogP contribution >= 0.6 is 0 Å². The van der Waals surface area contributed by atoms with Crippen molar-refractivity contribution in [3.8, 4) is 0 Å². The minimum Gasteiger partial charge on any atom is -0.379 e. The van der Waals surface area contributed by atoms with E-state index in [-0.39, 0.29) is 55.4 Å². The number of morpholine rings is 1. The molecule has 17 heteroatoms. The fraction of sp³-hybridized carbons (Fsp3) is 1.00. The quantitative estimate of drug-likeness (QED) is 0.218. The lowest BCUT2D eigenvalue weighted by Gasteiger charge is -2.41. The van der Waals surface area contributed by atoms with Gasteiger partial charge in [-0.2, -0.15) is 0 Å². The number of rotatable bonds is 0. The number of halogens is 6. The molecule has 89 heavy (non-hydrogen) atoms. The third-order valence-corrected chi connectivity index (χ3v) is 19.1. The van der Waals surface area contributed by atoms with Crippen molar-refractivity contribution in [2.24, 2.45) is 11.8 Å². The summed E-state index contributed by atoms with van der Waals surface area (Å²) >= 11 is 0. The molecule has 0 amide bonds. The minimum absolute atomic E-state index is 0.0181. The first-order chi connectivity index (χ1) is 40.0. The van der Waals surface area contributed by atoms with Crippen LogP contribution in [0.2, 0.25) is 0 Å². The van der Waals surface area contributed by atoms with Crippen molar-refractivity contribution in [3.05, 3.63) is 0 Å². The van der Waals surface area contributed by atoms with Crippen molar-refractivity contribution in [1.29, 1.82) is 0 Å². The molecule has 0 bridgehead atoms. The summed E-state index contributed by atoms with van der Waals surface area (Å²) in [6.07, 6.45) is 6.20. The zero-order valence-corrected chi connectivity index (χ0v) is 63.7. The molecule has 8 aliphatic heterocycles. The molecule has 8 aliphatic rings. The van der Waals surface area contributed by atoms with Gasteiger partial charge in [0.2, 0.25) is 0 Å². The predicted octanol–water partition coefficient (Wildman–Crippen LogP) is 15.4. The topological polar surface area (TPSA) is 41.6 Å². The first-order valence-corrected chi connectivity index (χ1v) is 35.1. The Morgan fingerprint density at radius 1 is 0.281 bits per heavy atom. The van der Waals surface area contributed by atoms with Crippen molar-refractivity contribution in [1.82, 2.24) is 49.0 Å². The second kappa shape index (κ2) is 36.5. The van der Waals surface area contributed by atoms with Crippen LogP contribution in [0.4, 0.5) is 26.3 Å². The van der Waals surface area contributed by atoms with Crippen LogP contribution in [0.1, 0.15) is 238 Å². The summed E-state index contributed by atoms with van der Waals surface area (Å²) in [5, 5.41) is 0. The fourth-order valence-corrected chi connectivity index (χ4v) is 12.0. The number of piperidine rings is 3. The minimum atomic E-state index is -2.47. The van der Waals surface area contributed by atoms with Crippen molar-refractivity contribution in [2.75, 3.05) is 158 Å². The second-order valence-electron chi connectivity index (χ2n) is 35.7. The van der Waals surface area contributed by atoms with Crippen molar-refractivity contribution in [2.45, 2.75) is 300 Å². The van der Waals surface area contributed by atoms with Crippen molar-refractivity contribution in [3.63, 3.8) is 0 Å². The molecule has 534 valence electrons. The number of hydrogen-bond acceptors (Lipinski definition) is 11. The molecule has 8 fully saturated rings. The SMILES string of the molecule is CC(C)(C)N1CCC(F)(F)C1.CC(C)(C)N1CCC(F)(F)CC1.CC(C)(C)N1CCCC(F)(F)C1.CC(C)(C)N1CCOCC1.CC1CCN(C(C)(C)C)C1.CC1CCN(C(C)(C)C)CC1.CN1CCCN(C(C)(C)C)CC1.CN1CCN(C(C)(C)C)CC1. The molecule has 8 rings (SSSR count). The summed E-state index contributed by atoms with van der Waals surface area (Å²) in [5.41, 5.74) is 1.63. The Morgan fingerprint density at radius 2 is 0.562 bits per heavy atom. The van der Waals surface area contributed by atoms with E-state index in [1.165, 1.54) is 104 Å². The van der Waals surface area contributed by atoms with Gasteiger partial charge in [-0.25, -0.2) is 26.3 Å². The van der Waals surface area contributed by atoms with E-state index in [0.29, 0.717) is 53.7 Å². The second-order valence-corrected chi connectivity index (χ2v) is 35.7. The number of likely N-dealkylation sites (tertiary alicyclic amines) is 5. The van der Waals surface area contributed by atoms with Crippen molar-refractivity contribution < 1.29 is 31.1 Å². The van der Waals surface area contributed by atoms with Crippen LogP contribution in [0.15, 0.2) is 0 Å². The number of nitrogens with zero attached hydrogens (tertiary/aromatic N) is 10. The Morgan fingerprint density at radius 3 is 0.865 bits per heavy atom. The Balaban J connectivity index is 0.000000509. The molecule has 1 atom stereocenters. The summed E-state index contributed by atoms with van der Waals surface area (Å²) in [7, 11) is 4.41. The first-order valence-electron chi connectivity index (χ1n) is 35.1. The van der Waals surface area contributed by atoms with E-state index >= 15 is 0 Å². The number of hydrogen-bond donors (Lipinski definition) is 0. The van der Waals surface area contributed by atoms with E-state index in [1.807, 2.05) is 51.3 Å². The standard InChI is InChI=1S/C10H22N2.C10H21N.2C9H17F2N.C9H20N2.C9H19N.C8H15F2N.C8H17NO/c1-10(2,3)12-7-5-6-11(4)8-9-12;1-9-5-7-11(8-6-9)10(2,3)4;1-8(2,3)12-6-4-9(10,11)5-7-12;1-8(2,3)12-6-4-5-9(10,11)7-12;1-9(2,3)11-7-5-10(4)6-8-11;1-8-5-6-10(7-8)9(2,3)4;1-7(2,3)11-5-4-8(9,10)6-11;1-8(2,3)9-4-6-10-7-5-9/h5-9H2,1-4H3;9H,5-8H2,1-4H3;2*4-7H2,1-3H3;5-8H2,1-4H3;8H,5-7H2,1-4H3;4-6H2,1-3H3;4-7H2,1-3H3. The number of piperazine rings is 1. The zero-order valence-electron chi connectivity index (χ0n) is 63.7. The summed E-state index contributed by atoms with van der Waals surface area (Å²) in [5.74, 6) is -5.46. The van der Waals surface area contributed by atoms with Crippen LogP contribution in [0.25, 0.3) is 0 Å². The maximum Gasteiger partial charge on any atom is 0.261 e. The Kier molecular flexibility index (Phi) is 35.3. The molecule has 0 saturated carbocycles. The van der Waals surface area contributed by atoms with Gasteiger partial charge in [0, 0.05) is 149 Å². The Labute approximate surface area is 547 Å². The maximum atomic E-state index is 12.9. The van der Waals surface area contributed by atoms with Crippen molar-refractivity contribution >= 4 is 0 Å². The van der Waals surface area contributed by atoms with Crippen LogP contribution in [-0.2, 0) is 4.74 Å². The van der Waals surface area contributed by atoms with E-state index in [0.717, 1.165) is 44.7 Å². The monoisotopic (exact) mass is 1280 g/mol. The van der Waals surface area contributed by atoms with E-state index in [2.05, 4.69) is 192 Å². The highest BCUT2D eigenvalue weighted by Gasteiger charge is 2.43. The molecule has 0 radical (unpaired) electrons. The van der Waals surface area contributed by atoms with Gasteiger partial charge in [0.15, 0.2) is 0 Å². The smallest absolute Gasteiger partial charge is 0.261 e. The maximum absolute atomic E-state index is 12.9. The predicted molar refractivity (Wildman–Crippen MR) is 371 cm³/mol. The molecular formula is C72H148F6N10O. The van der Waals surface area contributed by atoms with Gasteiger partial charge in [0.25, 0.3) is 17.8 Å². The van der Waals surface area contributed by atoms with Gasteiger partial charge in [0.05, 0.1) is 26.3 Å². The molecular weight excluding hydrogens is 1130 g/mol. The van der Waals surface area contributed by atoms with Gasteiger partial charge in [0.1, 0.15) is 0 Å². The average Bonchev–Trinajstić information content (AvgIpc) is 4.02. The first kappa shape index (κ1) is 86.2. The van der Waals surface area contributed by atoms with Gasteiger partial charge in [-0.3, -0.25) is 39.2 Å². The highest BCUT2D eigenvalue weighted by Crippen LogP contribution is 2.34. The van der Waals surface area contributed by atoms with Gasteiger partial charge in [-0.05, 0) is 263 Å². The largest absolute Gasteiger partial charge is 0.379 e. The van der Waals surface area contributed by atoms with Crippen LogP contribution in [0.3, 0.4) is 0 Å². The molecule has 8 saturated heterocycles. The Bertz CT molecular complexity index is 1810. The summed E-state index contributed by atoms with van der Waals surface area (Å²) in [4.78, 5) is 23.4. The lowest BCUT2D eigenvalue weighted by molar-refractivity contribution is -0.0862.